The van der Waals surface area contributed by atoms with Gasteiger partial charge < -0.3 is 5.32 Å². The Bertz CT molecular complexity index is 792. The van der Waals surface area contributed by atoms with E-state index in [0.717, 1.165) is 6.42 Å². The van der Waals surface area contributed by atoms with Crippen molar-refractivity contribution in [2.75, 3.05) is 11.6 Å². The molecule has 1 aliphatic heterocycles. The Hall–Kier alpha value is -1.93. The maximum Gasteiger partial charge on any atom is 0.0555 e. The molecule has 1 atom stereocenters. The number of fused-ring (bicyclic) bond motifs is 3. The van der Waals surface area contributed by atoms with E-state index >= 15 is 0 Å². The summed E-state index contributed by atoms with van der Waals surface area (Å²) >= 11 is 1.79. The second kappa shape index (κ2) is 5.12. The van der Waals surface area contributed by atoms with Crippen molar-refractivity contribution in [3.8, 4) is 0 Å². The van der Waals surface area contributed by atoms with Gasteiger partial charge in [0.25, 0.3) is 0 Å². The highest BCUT2D eigenvalue weighted by molar-refractivity contribution is 7.98. The van der Waals surface area contributed by atoms with Gasteiger partial charge in [-0.15, -0.1) is 11.8 Å². The predicted molar refractivity (Wildman–Crippen MR) is 92.2 cm³/mol. The van der Waals surface area contributed by atoms with Crippen LogP contribution in [0.15, 0.2) is 65.6 Å². The normalized spacial score (nSPS) is 16.7. The van der Waals surface area contributed by atoms with Crippen molar-refractivity contribution in [1.29, 1.82) is 0 Å². The van der Waals surface area contributed by atoms with Crippen molar-refractivity contribution >= 4 is 28.2 Å². The number of anilines is 1. The molecule has 3 aromatic carbocycles. The van der Waals surface area contributed by atoms with Gasteiger partial charge in [-0.25, -0.2) is 0 Å². The van der Waals surface area contributed by atoms with Gasteiger partial charge in [-0.3, -0.25) is 0 Å². The predicted octanol–water partition coefficient (Wildman–Crippen LogP) is 5.27. The van der Waals surface area contributed by atoms with Crippen LogP contribution < -0.4 is 5.32 Å². The summed E-state index contributed by atoms with van der Waals surface area (Å²) in [4.78, 5) is 1.32. The van der Waals surface area contributed by atoms with Crippen LogP contribution in [0.25, 0.3) is 10.8 Å². The highest BCUT2D eigenvalue weighted by Gasteiger charge is 2.23. The van der Waals surface area contributed by atoms with Crippen molar-refractivity contribution in [3.63, 3.8) is 0 Å². The molecule has 2 heteroatoms. The Morgan fingerprint density at radius 2 is 1.76 bits per heavy atom. The average Bonchev–Trinajstić information content (AvgIpc) is 2.99. The molecule has 0 amide bonds. The molecule has 0 radical (unpaired) electrons. The maximum absolute atomic E-state index is 3.72. The third-order valence-electron chi connectivity index (χ3n) is 4.28. The van der Waals surface area contributed by atoms with Crippen LogP contribution in [0.4, 0.5) is 5.69 Å². The van der Waals surface area contributed by atoms with E-state index in [-0.39, 0.29) is 0 Å². The number of nitrogens with one attached hydrogen (secondary N) is 1. The number of hydrogen-bond donors (Lipinski definition) is 1. The van der Waals surface area contributed by atoms with Gasteiger partial charge in [0.2, 0.25) is 0 Å². The molecule has 1 unspecified atom stereocenters. The third-order valence-corrected chi connectivity index (χ3v) is 5.02. The first-order valence-electron chi connectivity index (χ1n) is 7.26. The van der Waals surface area contributed by atoms with Gasteiger partial charge in [0, 0.05) is 16.0 Å². The molecule has 1 nitrogen and oxygen atoms in total. The maximum atomic E-state index is 3.72. The van der Waals surface area contributed by atoms with Crippen molar-refractivity contribution in [1.82, 2.24) is 0 Å². The van der Waals surface area contributed by atoms with Gasteiger partial charge in [0.05, 0.1) is 6.04 Å². The summed E-state index contributed by atoms with van der Waals surface area (Å²) in [7, 11) is 0. The van der Waals surface area contributed by atoms with Crippen molar-refractivity contribution in [3.05, 3.63) is 71.8 Å². The second-order valence-electron chi connectivity index (χ2n) is 5.50. The van der Waals surface area contributed by atoms with E-state index in [1.54, 1.807) is 11.8 Å². The molecule has 0 saturated heterocycles. The van der Waals surface area contributed by atoms with E-state index in [4.69, 9.17) is 0 Å². The Labute approximate surface area is 129 Å². The van der Waals surface area contributed by atoms with E-state index in [9.17, 15) is 0 Å². The van der Waals surface area contributed by atoms with Crippen LogP contribution in [0.2, 0.25) is 0 Å². The zero-order chi connectivity index (χ0) is 14.2. The monoisotopic (exact) mass is 291 g/mol. The van der Waals surface area contributed by atoms with Crippen LogP contribution in [-0.4, -0.2) is 6.26 Å². The lowest BCUT2D eigenvalue weighted by Gasteiger charge is -2.12. The largest absolute Gasteiger partial charge is 0.377 e. The van der Waals surface area contributed by atoms with E-state index in [1.807, 2.05) is 0 Å². The van der Waals surface area contributed by atoms with Crippen LogP contribution in [0.1, 0.15) is 17.2 Å². The van der Waals surface area contributed by atoms with E-state index in [2.05, 4.69) is 72.2 Å². The number of benzene rings is 3. The standard InChI is InChI=1S/C19H17NS/c1-21-16-10-8-14(9-11-16)18-12-15-7-6-13-4-2-3-5-17(13)19(15)20-18/h2-11,18,20H,12H2,1H3. The Morgan fingerprint density at radius 1 is 0.952 bits per heavy atom. The molecule has 0 aliphatic carbocycles. The first kappa shape index (κ1) is 12.8. The van der Waals surface area contributed by atoms with Gasteiger partial charge in [0.1, 0.15) is 0 Å². The van der Waals surface area contributed by atoms with Gasteiger partial charge in [-0.2, -0.15) is 0 Å². The molecular weight excluding hydrogens is 274 g/mol. The van der Waals surface area contributed by atoms with Crippen LogP contribution in [0.3, 0.4) is 0 Å². The SMILES string of the molecule is CSc1ccc(C2Cc3ccc4ccccc4c3N2)cc1. The number of rotatable bonds is 2. The Balaban J connectivity index is 1.71. The third kappa shape index (κ3) is 2.20. The minimum Gasteiger partial charge on any atom is -0.377 e. The fourth-order valence-electron chi connectivity index (χ4n) is 3.14. The molecule has 0 spiro atoms. The Kier molecular flexibility index (Phi) is 3.12. The molecular formula is C19H17NS. The lowest BCUT2D eigenvalue weighted by molar-refractivity contribution is 0.823. The highest BCUT2D eigenvalue weighted by atomic mass is 32.2. The smallest absolute Gasteiger partial charge is 0.0555 e. The summed E-state index contributed by atoms with van der Waals surface area (Å²) in [5, 5.41) is 6.36. The molecule has 4 rings (SSSR count). The molecule has 1 heterocycles. The van der Waals surface area contributed by atoms with E-state index < -0.39 is 0 Å². The fourth-order valence-corrected chi connectivity index (χ4v) is 3.55. The summed E-state index contributed by atoms with van der Waals surface area (Å²) in [6.07, 6.45) is 3.18. The molecule has 104 valence electrons. The second-order valence-corrected chi connectivity index (χ2v) is 6.37. The van der Waals surface area contributed by atoms with Crippen molar-refractivity contribution < 1.29 is 0 Å². The van der Waals surface area contributed by atoms with Crippen LogP contribution in [0.5, 0.6) is 0 Å². The topological polar surface area (TPSA) is 12.0 Å². The molecule has 1 N–H and O–H groups in total. The molecule has 0 bridgehead atoms. The molecule has 0 saturated carbocycles. The van der Waals surface area contributed by atoms with Crippen LogP contribution in [-0.2, 0) is 6.42 Å². The quantitative estimate of drug-likeness (QED) is 0.645. The summed E-state index contributed by atoms with van der Waals surface area (Å²) < 4.78 is 0. The highest BCUT2D eigenvalue weighted by Crippen LogP contribution is 2.39. The first-order chi connectivity index (χ1) is 10.3. The van der Waals surface area contributed by atoms with Crippen molar-refractivity contribution in [2.45, 2.75) is 17.4 Å². The molecule has 1 aliphatic rings. The minimum atomic E-state index is 0.390. The zero-order valence-corrected chi connectivity index (χ0v) is 12.8. The number of hydrogen-bond acceptors (Lipinski definition) is 2. The average molecular weight is 291 g/mol. The van der Waals surface area contributed by atoms with E-state index in [1.165, 1.54) is 32.5 Å². The van der Waals surface area contributed by atoms with Gasteiger partial charge in [-0.1, -0.05) is 48.5 Å². The van der Waals surface area contributed by atoms with E-state index in [0.29, 0.717) is 6.04 Å². The summed E-state index contributed by atoms with van der Waals surface area (Å²) in [5.74, 6) is 0. The number of thioether (sulfide) groups is 1. The van der Waals surface area contributed by atoms with Gasteiger partial charge >= 0.3 is 0 Å². The summed E-state index contributed by atoms with van der Waals surface area (Å²) in [6, 6.07) is 22.4. The lowest BCUT2D eigenvalue weighted by Crippen LogP contribution is -2.05. The van der Waals surface area contributed by atoms with Crippen molar-refractivity contribution in [2.24, 2.45) is 0 Å². The Morgan fingerprint density at radius 3 is 2.57 bits per heavy atom. The molecule has 3 aromatic rings. The van der Waals surface area contributed by atoms with Crippen LogP contribution >= 0.6 is 11.8 Å². The minimum absolute atomic E-state index is 0.390. The van der Waals surface area contributed by atoms with Crippen LogP contribution in [0, 0.1) is 0 Å². The summed E-state index contributed by atoms with van der Waals surface area (Å²) in [6.45, 7) is 0. The molecule has 0 fully saturated rings. The van der Waals surface area contributed by atoms with Gasteiger partial charge in [-0.05, 0) is 41.3 Å². The lowest BCUT2D eigenvalue weighted by atomic mass is 10.0. The molecule has 21 heavy (non-hydrogen) atoms. The summed E-state index contributed by atoms with van der Waals surface area (Å²) in [5.41, 5.74) is 4.10. The first-order valence-corrected chi connectivity index (χ1v) is 8.49. The zero-order valence-electron chi connectivity index (χ0n) is 12.0. The van der Waals surface area contributed by atoms with Gasteiger partial charge in [0.15, 0.2) is 0 Å². The molecule has 0 aromatic heterocycles. The fraction of sp³-hybridized carbons (Fsp3) is 0.158.